The summed E-state index contributed by atoms with van der Waals surface area (Å²) >= 11 is 14.6. The molecule has 0 heterocycles. The van der Waals surface area contributed by atoms with Gasteiger partial charge in [0.1, 0.15) is 22.6 Å². The SMILES string of the molecule is ClOC=C(Cl)Cl. The Morgan fingerprint density at radius 1 is 1.50 bits per heavy atom. The van der Waals surface area contributed by atoms with Gasteiger partial charge in [0.15, 0.2) is 0 Å². The monoisotopic (exact) mass is 146 g/mol. The van der Waals surface area contributed by atoms with Gasteiger partial charge >= 0.3 is 0 Å². The van der Waals surface area contributed by atoms with Crippen molar-refractivity contribution < 1.29 is 4.29 Å². The summed E-state index contributed by atoms with van der Waals surface area (Å²) in [5.41, 5.74) is 0. The molecule has 0 amide bonds. The van der Waals surface area contributed by atoms with Crippen molar-refractivity contribution in [1.29, 1.82) is 0 Å². The Kier molecular flexibility index (Phi) is 3.84. The summed E-state index contributed by atoms with van der Waals surface area (Å²) in [5.74, 6) is 0. The highest BCUT2D eigenvalue weighted by Gasteiger charge is 1.76. The highest BCUT2D eigenvalue weighted by Crippen LogP contribution is 2.05. The minimum atomic E-state index is 0.00463. The summed E-state index contributed by atoms with van der Waals surface area (Å²) in [6, 6.07) is 0. The van der Waals surface area contributed by atoms with E-state index >= 15 is 0 Å². The van der Waals surface area contributed by atoms with Gasteiger partial charge in [-0.15, -0.1) is 0 Å². The van der Waals surface area contributed by atoms with E-state index in [-0.39, 0.29) is 4.49 Å². The third-order valence-electron chi connectivity index (χ3n) is 0.134. The fourth-order valence-corrected chi connectivity index (χ4v) is 0.303. The van der Waals surface area contributed by atoms with Crippen molar-refractivity contribution in [2.75, 3.05) is 0 Å². The van der Waals surface area contributed by atoms with E-state index in [0.29, 0.717) is 0 Å². The Labute approximate surface area is 50.6 Å². The molecule has 0 atom stereocenters. The van der Waals surface area contributed by atoms with Crippen LogP contribution in [0.1, 0.15) is 0 Å². The van der Waals surface area contributed by atoms with E-state index < -0.39 is 0 Å². The first-order chi connectivity index (χ1) is 2.77. The second kappa shape index (κ2) is 3.59. The summed E-state index contributed by atoms with van der Waals surface area (Å²) in [5, 5.41) is 0. The average molecular weight is 147 g/mol. The van der Waals surface area contributed by atoms with Crippen LogP contribution in [0.25, 0.3) is 0 Å². The Bertz CT molecular complexity index is 55.8. The van der Waals surface area contributed by atoms with Gasteiger partial charge in [0.2, 0.25) is 0 Å². The zero-order chi connectivity index (χ0) is 4.99. The first kappa shape index (κ1) is 6.41. The number of hydrogen-bond acceptors (Lipinski definition) is 1. The quantitative estimate of drug-likeness (QED) is 0.518. The molecular weight excluding hydrogens is 146 g/mol. The Hall–Kier alpha value is 0.410. The van der Waals surface area contributed by atoms with Crippen molar-refractivity contribution in [3.05, 3.63) is 10.8 Å². The van der Waals surface area contributed by atoms with Gasteiger partial charge in [0.25, 0.3) is 0 Å². The summed E-state index contributed by atoms with van der Waals surface area (Å²) < 4.78 is 3.85. The highest BCUT2D eigenvalue weighted by atomic mass is 35.5. The molecule has 0 N–H and O–H groups in total. The van der Waals surface area contributed by atoms with Gasteiger partial charge < -0.3 is 4.29 Å². The van der Waals surface area contributed by atoms with Gasteiger partial charge in [-0.2, -0.15) is 0 Å². The predicted octanol–water partition coefficient (Wildman–Crippen LogP) is 2.43. The number of rotatable bonds is 1. The largest absolute Gasteiger partial charge is 0.391 e. The Balaban J connectivity index is 3.14. The molecule has 0 saturated carbocycles. The molecule has 36 valence electrons. The normalized spacial score (nSPS) is 7.17. The molecule has 4 heteroatoms. The van der Waals surface area contributed by atoms with E-state index in [1.54, 1.807) is 0 Å². The van der Waals surface area contributed by atoms with Gasteiger partial charge in [0.05, 0.1) is 0 Å². The number of halogens is 3. The first-order valence-electron chi connectivity index (χ1n) is 1.06. The maximum atomic E-state index is 4.99. The smallest absolute Gasteiger partial charge is 0.143 e. The molecule has 0 aliphatic heterocycles. The van der Waals surface area contributed by atoms with Crippen LogP contribution in [0.3, 0.4) is 0 Å². The minimum absolute atomic E-state index is 0.00463. The summed E-state index contributed by atoms with van der Waals surface area (Å²) in [6.07, 6.45) is 1.00. The Morgan fingerprint density at radius 3 is 2.00 bits per heavy atom. The lowest BCUT2D eigenvalue weighted by Crippen LogP contribution is -1.51. The maximum Gasteiger partial charge on any atom is 0.143 e. The second-order valence-corrected chi connectivity index (χ2v) is 1.68. The van der Waals surface area contributed by atoms with Crippen molar-refractivity contribution in [2.24, 2.45) is 0 Å². The standard InChI is InChI=1S/C2HCl3O/c3-2(4)1-6-5/h1H. The molecule has 0 aliphatic rings. The fourth-order valence-electron chi connectivity index (χ4n) is 0.0337. The van der Waals surface area contributed by atoms with Crippen LogP contribution < -0.4 is 0 Å². The third kappa shape index (κ3) is 4.41. The van der Waals surface area contributed by atoms with Crippen LogP contribution in [0.5, 0.6) is 0 Å². The lowest BCUT2D eigenvalue weighted by Gasteiger charge is -1.76. The van der Waals surface area contributed by atoms with Gasteiger partial charge in [-0.05, 0) is 0 Å². The van der Waals surface area contributed by atoms with E-state index in [1.807, 2.05) is 0 Å². The molecular formula is C2HCl3O. The highest BCUT2D eigenvalue weighted by molar-refractivity contribution is 6.55. The second-order valence-electron chi connectivity index (χ2n) is 0.497. The van der Waals surface area contributed by atoms with E-state index in [1.165, 1.54) is 0 Å². The topological polar surface area (TPSA) is 9.23 Å². The zero-order valence-corrected chi connectivity index (χ0v) is 4.89. The molecule has 0 aliphatic carbocycles. The lowest BCUT2D eigenvalue weighted by atomic mass is 11.2. The van der Waals surface area contributed by atoms with Crippen LogP contribution >= 0.6 is 35.1 Å². The molecule has 0 bridgehead atoms. The van der Waals surface area contributed by atoms with Crippen LogP contribution in [-0.2, 0) is 4.29 Å². The van der Waals surface area contributed by atoms with Crippen molar-refractivity contribution >= 4 is 35.1 Å². The molecule has 0 spiro atoms. The molecule has 0 fully saturated rings. The molecule has 0 unspecified atom stereocenters. The van der Waals surface area contributed by atoms with E-state index in [4.69, 9.17) is 23.2 Å². The van der Waals surface area contributed by atoms with Crippen molar-refractivity contribution in [2.45, 2.75) is 0 Å². The van der Waals surface area contributed by atoms with Crippen LogP contribution in [-0.4, -0.2) is 0 Å². The number of hydrogen-bond donors (Lipinski definition) is 0. The average Bonchev–Trinajstić information content (AvgIpc) is 1.35. The fraction of sp³-hybridized carbons (Fsp3) is 0. The van der Waals surface area contributed by atoms with Gasteiger partial charge in [-0.25, -0.2) is 0 Å². The minimum Gasteiger partial charge on any atom is -0.391 e. The molecule has 0 aromatic heterocycles. The van der Waals surface area contributed by atoms with Crippen LogP contribution in [0.2, 0.25) is 0 Å². The molecule has 1 nitrogen and oxygen atoms in total. The molecule has 6 heavy (non-hydrogen) atoms. The molecule has 0 saturated heterocycles. The van der Waals surface area contributed by atoms with E-state index in [0.717, 1.165) is 6.26 Å². The third-order valence-corrected chi connectivity index (χ3v) is 0.401. The van der Waals surface area contributed by atoms with Crippen LogP contribution in [0.15, 0.2) is 10.8 Å². The zero-order valence-electron chi connectivity index (χ0n) is 2.62. The summed E-state index contributed by atoms with van der Waals surface area (Å²) in [6.45, 7) is 0. The van der Waals surface area contributed by atoms with Gasteiger partial charge in [0, 0.05) is 0 Å². The van der Waals surface area contributed by atoms with Crippen LogP contribution in [0, 0.1) is 0 Å². The van der Waals surface area contributed by atoms with Crippen molar-refractivity contribution in [3.63, 3.8) is 0 Å². The Morgan fingerprint density at radius 2 is 2.00 bits per heavy atom. The van der Waals surface area contributed by atoms with Crippen LogP contribution in [0.4, 0.5) is 0 Å². The van der Waals surface area contributed by atoms with Crippen molar-refractivity contribution in [1.82, 2.24) is 0 Å². The first-order valence-corrected chi connectivity index (χ1v) is 2.12. The van der Waals surface area contributed by atoms with Gasteiger partial charge in [-0.3, -0.25) is 0 Å². The summed E-state index contributed by atoms with van der Waals surface area (Å²) in [7, 11) is 0. The molecule has 0 rings (SSSR count). The van der Waals surface area contributed by atoms with Gasteiger partial charge in [-0.1, -0.05) is 23.2 Å². The van der Waals surface area contributed by atoms with Crippen molar-refractivity contribution in [3.8, 4) is 0 Å². The molecule has 0 radical (unpaired) electrons. The maximum absolute atomic E-state index is 4.99. The van der Waals surface area contributed by atoms with E-state index in [9.17, 15) is 0 Å². The predicted molar refractivity (Wildman–Crippen MR) is 26.7 cm³/mol. The molecule has 0 aromatic rings. The lowest BCUT2D eigenvalue weighted by molar-refractivity contribution is 0.538. The van der Waals surface area contributed by atoms with E-state index in [2.05, 4.69) is 16.2 Å². The molecule has 0 aromatic carbocycles. The summed E-state index contributed by atoms with van der Waals surface area (Å²) in [4.78, 5) is 0.